The second-order valence-corrected chi connectivity index (χ2v) is 10.5. The monoisotopic (exact) mass is 508 g/mol. The van der Waals surface area contributed by atoms with Gasteiger partial charge in [-0.3, -0.25) is 9.59 Å². The number of benzene rings is 2. The van der Waals surface area contributed by atoms with Gasteiger partial charge in [0.1, 0.15) is 4.90 Å². The molecular weight excluding hydrogens is 488 g/mol. The number of rotatable bonds is 5. The highest BCUT2D eigenvalue weighted by molar-refractivity contribution is 9.10. The van der Waals surface area contributed by atoms with Crippen LogP contribution in [-0.2, 0) is 19.5 Å². The first-order valence-electron chi connectivity index (χ1n) is 9.63. The Kier molecular flexibility index (Phi) is 5.55. The van der Waals surface area contributed by atoms with E-state index in [9.17, 15) is 18.0 Å². The molecule has 8 nitrogen and oxygen atoms in total. The van der Waals surface area contributed by atoms with Crippen LogP contribution in [0.4, 0.5) is 5.69 Å². The molecule has 0 saturated carbocycles. The van der Waals surface area contributed by atoms with Crippen LogP contribution in [0, 0.1) is 0 Å². The summed E-state index contributed by atoms with van der Waals surface area (Å²) < 4.78 is 39.7. The summed E-state index contributed by atoms with van der Waals surface area (Å²) in [5, 5.41) is 0. The van der Waals surface area contributed by atoms with E-state index in [0.29, 0.717) is 13.0 Å². The summed E-state index contributed by atoms with van der Waals surface area (Å²) in [5.41, 5.74) is 6.31. The number of nitrogen functional groups attached to an aromatic ring is 1. The molecule has 1 aliphatic heterocycles. The third kappa shape index (κ3) is 3.94. The highest BCUT2D eigenvalue weighted by Crippen LogP contribution is 2.38. The van der Waals surface area contributed by atoms with Gasteiger partial charge in [0.2, 0.25) is 10.0 Å². The quantitative estimate of drug-likeness (QED) is 0.507. The maximum atomic E-state index is 13.1. The van der Waals surface area contributed by atoms with Gasteiger partial charge < -0.3 is 15.2 Å². The van der Waals surface area contributed by atoms with Gasteiger partial charge in [0.05, 0.1) is 29.5 Å². The lowest BCUT2D eigenvalue weighted by Crippen LogP contribution is -2.30. The fourth-order valence-electron chi connectivity index (χ4n) is 3.81. The van der Waals surface area contributed by atoms with Crippen molar-refractivity contribution in [1.82, 2.24) is 4.72 Å². The van der Waals surface area contributed by atoms with Gasteiger partial charge in [-0.1, -0.05) is 24.3 Å². The van der Waals surface area contributed by atoms with E-state index in [0.717, 1.165) is 0 Å². The van der Waals surface area contributed by atoms with Crippen LogP contribution in [0.2, 0.25) is 0 Å². The second-order valence-electron chi connectivity index (χ2n) is 7.86. The van der Waals surface area contributed by atoms with Gasteiger partial charge in [-0.15, -0.1) is 0 Å². The minimum absolute atomic E-state index is 0.0684. The van der Waals surface area contributed by atoms with E-state index < -0.39 is 21.6 Å². The standard InChI is InChI=1S/C21H21BrN2O6S/c1-21(2)29-10-11(30-21)7-8-24-31(27,28)15-9-14(22)16-17(18(15)23)20(26)13-6-4-3-5-12(13)19(16)25/h3-6,9,11,24H,7-8,10,23H2,1-2H3. The smallest absolute Gasteiger partial charge is 0.242 e. The largest absolute Gasteiger partial charge is 0.397 e. The molecule has 3 N–H and O–H groups in total. The zero-order valence-corrected chi connectivity index (χ0v) is 19.3. The van der Waals surface area contributed by atoms with Crippen molar-refractivity contribution in [3.63, 3.8) is 0 Å². The van der Waals surface area contributed by atoms with Crippen molar-refractivity contribution >= 4 is 43.2 Å². The van der Waals surface area contributed by atoms with E-state index in [1.807, 2.05) is 0 Å². The van der Waals surface area contributed by atoms with Gasteiger partial charge in [0.25, 0.3) is 0 Å². The van der Waals surface area contributed by atoms with E-state index in [-0.39, 0.29) is 55.7 Å². The fraction of sp³-hybridized carbons (Fsp3) is 0.333. The molecule has 31 heavy (non-hydrogen) atoms. The fourth-order valence-corrected chi connectivity index (χ4v) is 5.77. The van der Waals surface area contributed by atoms with E-state index >= 15 is 0 Å². The minimum atomic E-state index is -4.05. The van der Waals surface area contributed by atoms with Crippen LogP contribution >= 0.6 is 15.9 Å². The number of carbonyl (C=O) groups is 2. The Morgan fingerprint density at radius 2 is 1.77 bits per heavy atom. The van der Waals surface area contributed by atoms with Gasteiger partial charge in [-0.05, 0) is 42.3 Å². The van der Waals surface area contributed by atoms with E-state index in [1.54, 1.807) is 32.0 Å². The van der Waals surface area contributed by atoms with Gasteiger partial charge in [0.15, 0.2) is 17.4 Å². The van der Waals surface area contributed by atoms with Crippen molar-refractivity contribution in [2.45, 2.75) is 37.1 Å². The Balaban J connectivity index is 1.63. The Labute approximate surface area is 188 Å². The molecule has 2 aliphatic rings. The number of hydrogen-bond acceptors (Lipinski definition) is 7. The van der Waals surface area contributed by atoms with Gasteiger partial charge in [-0.25, -0.2) is 13.1 Å². The number of nitrogens with two attached hydrogens (primary N) is 1. The van der Waals surface area contributed by atoms with Crippen molar-refractivity contribution in [3.05, 3.63) is 57.1 Å². The van der Waals surface area contributed by atoms with Crippen LogP contribution in [0.3, 0.4) is 0 Å². The number of nitrogens with one attached hydrogen (secondary N) is 1. The number of anilines is 1. The van der Waals surface area contributed by atoms with E-state index in [1.165, 1.54) is 12.1 Å². The number of sulfonamides is 1. The lowest BCUT2D eigenvalue weighted by Gasteiger charge is -2.22. The molecular formula is C21H21BrN2O6S. The minimum Gasteiger partial charge on any atom is -0.397 e. The molecule has 0 spiro atoms. The molecule has 0 amide bonds. The maximum Gasteiger partial charge on any atom is 0.242 e. The summed E-state index contributed by atoms with van der Waals surface area (Å²) in [6.45, 7) is 4.05. The molecule has 1 aliphatic carbocycles. The first kappa shape index (κ1) is 22.1. The zero-order chi connectivity index (χ0) is 22.6. The average Bonchev–Trinajstić information content (AvgIpc) is 3.05. The number of ketones is 2. The maximum absolute atomic E-state index is 13.1. The highest BCUT2D eigenvalue weighted by Gasteiger charge is 2.36. The molecule has 0 radical (unpaired) electrons. The third-order valence-corrected chi connectivity index (χ3v) is 7.39. The summed E-state index contributed by atoms with van der Waals surface area (Å²) in [7, 11) is -4.05. The average molecular weight is 509 g/mol. The summed E-state index contributed by atoms with van der Waals surface area (Å²) in [6, 6.07) is 7.64. The van der Waals surface area contributed by atoms with Gasteiger partial charge >= 0.3 is 0 Å². The van der Waals surface area contributed by atoms with Crippen LogP contribution < -0.4 is 10.5 Å². The van der Waals surface area contributed by atoms with Crippen molar-refractivity contribution in [1.29, 1.82) is 0 Å². The lowest BCUT2D eigenvalue weighted by atomic mass is 9.83. The summed E-state index contributed by atoms with van der Waals surface area (Å²) in [4.78, 5) is 25.7. The second kappa shape index (κ2) is 7.79. The van der Waals surface area contributed by atoms with Gasteiger partial charge in [-0.2, -0.15) is 0 Å². The van der Waals surface area contributed by atoms with E-state index in [2.05, 4.69) is 20.7 Å². The molecule has 0 bridgehead atoms. The van der Waals surface area contributed by atoms with Crippen molar-refractivity contribution < 1.29 is 27.5 Å². The molecule has 2 aromatic rings. The Morgan fingerprint density at radius 3 is 2.35 bits per heavy atom. The molecule has 2 aromatic carbocycles. The highest BCUT2D eigenvalue weighted by atomic mass is 79.9. The topological polar surface area (TPSA) is 125 Å². The van der Waals surface area contributed by atoms with Crippen LogP contribution in [0.25, 0.3) is 0 Å². The van der Waals surface area contributed by atoms with Crippen molar-refractivity contribution in [3.8, 4) is 0 Å². The molecule has 10 heteroatoms. The lowest BCUT2D eigenvalue weighted by molar-refractivity contribution is -0.138. The molecule has 0 aromatic heterocycles. The number of hydrogen-bond donors (Lipinski definition) is 2. The molecule has 4 rings (SSSR count). The molecule has 164 valence electrons. The first-order chi connectivity index (χ1) is 14.5. The van der Waals surface area contributed by atoms with E-state index in [4.69, 9.17) is 15.2 Å². The third-order valence-electron chi connectivity index (χ3n) is 5.27. The van der Waals surface area contributed by atoms with Gasteiger partial charge in [0, 0.05) is 22.1 Å². The molecule has 1 atom stereocenters. The zero-order valence-electron chi connectivity index (χ0n) is 16.9. The Bertz CT molecular complexity index is 1210. The van der Waals surface area contributed by atoms with Crippen LogP contribution in [0.1, 0.15) is 52.1 Å². The van der Waals surface area contributed by atoms with Crippen LogP contribution in [-0.4, -0.2) is 45.0 Å². The summed E-state index contributed by atoms with van der Waals surface area (Å²) in [6.07, 6.45) is 0.167. The number of halogens is 1. The Morgan fingerprint density at radius 1 is 1.16 bits per heavy atom. The van der Waals surface area contributed by atoms with Crippen LogP contribution in [0.15, 0.2) is 39.7 Å². The normalized spacial score (nSPS) is 19.9. The molecule has 1 heterocycles. The molecule has 1 unspecified atom stereocenters. The number of carbonyl (C=O) groups excluding carboxylic acids is 2. The summed E-state index contributed by atoms with van der Waals surface area (Å²) in [5.74, 6) is -1.57. The van der Waals surface area contributed by atoms with Crippen molar-refractivity contribution in [2.75, 3.05) is 18.9 Å². The van der Waals surface area contributed by atoms with Crippen molar-refractivity contribution in [2.24, 2.45) is 0 Å². The SMILES string of the molecule is CC1(C)OCC(CCNS(=O)(=O)c2cc(Br)c3c(c2N)C(=O)c2ccccc2C3=O)O1. The Hall–Kier alpha value is -2.11. The summed E-state index contributed by atoms with van der Waals surface area (Å²) >= 11 is 3.26. The first-order valence-corrected chi connectivity index (χ1v) is 11.9. The number of ether oxygens (including phenoxy) is 2. The molecule has 1 saturated heterocycles. The van der Waals surface area contributed by atoms with Crippen LogP contribution in [0.5, 0.6) is 0 Å². The number of fused-ring (bicyclic) bond motifs is 2. The molecule has 1 fully saturated rings. The predicted molar refractivity (Wildman–Crippen MR) is 117 cm³/mol. The predicted octanol–water partition coefficient (Wildman–Crippen LogP) is 2.63.